The maximum Gasteiger partial charge on any atom is 0.255 e. The van der Waals surface area contributed by atoms with Crippen molar-refractivity contribution in [1.29, 1.82) is 5.26 Å². The number of hydrogen-bond donors (Lipinski definition) is 2. The van der Waals surface area contributed by atoms with Gasteiger partial charge in [-0.05, 0) is 36.4 Å². The lowest BCUT2D eigenvalue weighted by Gasteiger charge is -2.12. The molecular formula is C21H18N4O3. The highest BCUT2D eigenvalue weighted by atomic mass is 16.5. The van der Waals surface area contributed by atoms with Crippen molar-refractivity contribution in [2.24, 2.45) is 0 Å². The van der Waals surface area contributed by atoms with Crippen LogP contribution in [-0.2, 0) is 0 Å². The Morgan fingerprint density at radius 2 is 1.86 bits per heavy atom. The molecule has 1 aromatic heterocycles. The average molecular weight is 374 g/mol. The lowest BCUT2D eigenvalue weighted by Crippen LogP contribution is -2.13. The van der Waals surface area contributed by atoms with Crippen LogP contribution in [0.2, 0.25) is 0 Å². The summed E-state index contributed by atoms with van der Waals surface area (Å²) >= 11 is 0. The number of amides is 1. The fourth-order valence-electron chi connectivity index (χ4n) is 2.57. The second-order valence-electron chi connectivity index (χ2n) is 5.73. The molecule has 0 unspecified atom stereocenters. The number of aromatic nitrogens is 1. The highest BCUT2D eigenvalue weighted by Gasteiger charge is 2.12. The van der Waals surface area contributed by atoms with Crippen LogP contribution in [0.3, 0.4) is 0 Å². The smallest absolute Gasteiger partial charge is 0.255 e. The zero-order valence-corrected chi connectivity index (χ0v) is 15.4. The van der Waals surface area contributed by atoms with Crippen LogP contribution in [0.25, 0.3) is 0 Å². The Morgan fingerprint density at radius 1 is 1.04 bits per heavy atom. The summed E-state index contributed by atoms with van der Waals surface area (Å²) in [6.07, 6.45) is 1.52. The quantitative estimate of drug-likeness (QED) is 0.678. The van der Waals surface area contributed by atoms with Crippen LogP contribution in [0.5, 0.6) is 11.5 Å². The van der Waals surface area contributed by atoms with Gasteiger partial charge in [0.05, 0.1) is 31.2 Å². The largest absolute Gasteiger partial charge is 0.497 e. The third-order valence-electron chi connectivity index (χ3n) is 3.99. The summed E-state index contributed by atoms with van der Waals surface area (Å²) in [5, 5.41) is 15.1. The topological polar surface area (TPSA) is 96.3 Å². The van der Waals surface area contributed by atoms with Crippen molar-refractivity contribution in [3.63, 3.8) is 0 Å². The van der Waals surface area contributed by atoms with Gasteiger partial charge in [-0.15, -0.1) is 0 Å². The Bertz CT molecular complexity index is 1040. The van der Waals surface area contributed by atoms with Gasteiger partial charge in [0, 0.05) is 17.8 Å². The van der Waals surface area contributed by atoms with Gasteiger partial charge < -0.3 is 20.1 Å². The molecule has 0 fully saturated rings. The molecule has 0 saturated carbocycles. The molecule has 0 radical (unpaired) electrons. The van der Waals surface area contributed by atoms with Gasteiger partial charge in [0.15, 0.2) is 0 Å². The van der Waals surface area contributed by atoms with E-state index in [9.17, 15) is 10.1 Å². The summed E-state index contributed by atoms with van der Waals surface area (Å²) in [6, 6.07) is 17.5. The Morgan fingerprint density at radius 3 is 2.61 bits per heavy atom. The van der Waals surface area contributed by atoms with Crippen LogP contribution < -0.4 is 20.1 Å². The number of benzene rings is 2. The molecule has 3 aromatic rings. The second-order valence-corrected chi connectivity index (χ2v) is 5.73. The number of nitriles is 1. The van der Waals surface area contributed by atoms with Crippen molar-refractivity contribution in [1.82, 2.24) is 4.98 Å². The third kappa shape index (κ3) is 4.19. The molecule has 0 aliphatic carbocycles. The molecule has 7 nitrogen and oxygen atoms in total. The molecule has 0 atom stereocenters. The molecule has 0 aliphatic heterocycles. The van der Waals surface area contributed by atoms with Crippen LogP contribution in [0.15, 0.2) is 60.8 Å². The van der Waals surface area contributed by atoms with E-state index < -0.39 is 0 Å². The number of hydrogen-bond acceptors (Lipinski definition) is 6. The zero-order chi connectivity index (χ0) is 19.9. The van der Waals surface area contributed by atoms with E-state index in [1.807, 2.05) is 6.07 Å². The first-order valence-corrected chi connectivity index (χ1v) is 8.40. The van der Waals surface area contributed by atoms with Crippen LogP contribution >= 0.6 is 0 Å². The number of methoxy groups -OCH3 is 2. The Labute approximate surface area is 162 Å². The molecule has 28 heavy (non-hydrogen) atoms. The van der Waals surface area contributed by atoms with E-state index in [0.29, 0.717) is 39.8 Å². The van der Waals surface area contributed by atoms with E-state index in [0.717, 1.165) is 0 Å². The van der Waals surface area contributed by atoms with Crippen molar-refractivity contribution >= 4 is 23.1 Å². The normalized spacial score (nSPS) is 9.89. The van der Waals surface area contributed by atoms with Crippen molar-refractivity contribution in [3.05, 3.63) is 71.9 Å². The maximum absolute atomic E-state index is 12.7. The highest BCUT2D eigenvalue weighted by Crippen LogP contribution is 2.29. The Hall–Kier alpha value is -4.05. The van der Waals surface area contributed by atoms with Crippen molar-refractivity contribution in [2.45, 2.75) is 0 Å². The summed E-state index contributed by atoms with van der Waals surface area (Å²) in [6.45, 7) is 0. The van der Waals surface area contributed by atoms with Gasteiger partial charge in [-0.2, -0.15) is 5.26 Å². The SMILES string of the molecule is COc1ccc(OC)c(NC(=O)c2ccnc(Nc3ccccc3C#N)c2)c1. The first-order chi connectivity index (χ1) is 13.6. The first-order valence-electron chi connectivity index (χ1n) is 8.40. The van der Waals surface area contributed by atoms with Gasteiger partial charge in [0.1, 0.15) is 23.4 Å². The monoisotopic (exact) mass is 374 g/mol. The predicted octanol–water partition coefficient (Wildman–Crippen LogP) is 3.97. The minimum Gasteiger partial charge on any atom is -0.497 e. The molecule has 0 aliphatic rings. The van der Waals surface area contributed by atoms with Gasteiger partial charge in [-0.25, -0.2) is 4.98 Å². The van der Waals surface area contributed by atoms with Gasteiger partial charge in [-0.1, -0.05) is 12.1 Å². The molecule has 2 N–H and O–H groups in total. The minimum atomic E-state index is -0.328. The van der Waals surface area contributed by atoms with E-state index in [4.69, 9.17) is 9.47 Å². The zero-order valence-electron chi connectivity index (χ0n) is 15.4. The summed E-state index contributed by atoms with van der Waals surface area (Å²) in [4.78, 5) is 16.9. The predicted molar refractivity (Wildman–Crippen MR) is 106 cm³/mol. The standard InChI is InChI=1S/C21H18N4O3/c1-27-16-7-8-19(28-2)18(12-16)25-21(26)14-9-10-23-20(11-14)24-17-6-4-3-5-15(17)13-22/h3-12H,1-2H3,(H,23,24)(H,25,26). The van der Waals surface area contributed by atoms with E-state index in [1.165, 1.54) is 13.3 Å². The molecule has 0 bridgehead atoms. The number of ether oxygens (including phenoxy) is 2. The molecule has 7 heteroatoms. The number of nitrogens with zero attached hydrogens (tertiary/aromatic N) is 2. The van der Waals surface area contributed by atoms with Gasteiger partial charge in [-0.3, -0.25) is 4.79 Å². The number of carbonyl (C=O) groups is 1. The lowest BCUT2D eigenvalue weighted by molar-refractivity contribution is 0.102. The molecule has 0 spiro atoms. The number of para-hydroxylation sites is 1. The molecular weight excluding hydrogens is 356 g/mol. The van der Waals surface area contributed by atoms with E-state index in [2.05, 4.69) is 21.7 Å². The van der Waals surface area contributed by atoms with Crippen LogP contribution in [0, 0.1) is 11.3 Å². The van der Waals surface area contributed by atoms with Gasteiger partial charge in [0.2, 0.25) is 0 Å². The maximum atomic E-state index is 12.7. The van der Waals surface area contributed by atoms with Crippen LogP contribution in [0.1, 0.15) is 15.9 Å². The number of carbonyl (C=O) groups excluding carboxylic acids is 1. The fourth-order valence-corrected chi connectivity index (χ4v) is 2.57. The molecule has 0 saturated heterocycles. The van der Waals surface area contributed by atoms with Crippen LogP contribution in [0.4, 0.5) is 17.2 Å². The number of pyridine rings is 1. The van der Waals surface area contributed by atoms with Crippen molar-refractivity contribution in [3.8, 4) is 17.6 Å². The molecule has 2 aromatic carbocycles. The third-order valence-corrected chi connectivity index (χ3v) is 3.99. The van der Waals surface area contributed by atoms with Gasteiger partial charge >= 0.3 is 0 Å². The van der Waals surface area contributed by atoms with Crippen molar-refractivity contribution < 1.29 is 14.3 Å². The first kappa shape index (κ1) is 18.7. The molecule has 1 heterocycles. The molecule has 1 amide bonds. The molecule has 3 rings (SSSR count). The summed E-state index contributed by atoms with van der Waals surface area (Å²) < 4.78 is 10.5. The number of rotatable bonds is 6. The highest BCUT2D eigenvalue weighted by molar-refractivity contribution is 6.05. The number of nitrogens with one attached hydrogen (secondary N) is 2. The van der Waals surface area contributed by atoms with E-state index in [1.54, 1.807) is 55.6 Å². The lowest BCUT2D eigenvalue weighted by atomic mass is 10.2. The minimum absolute atomic E-state index is 0.328. The second kappa shape index (κ2) is 8.56. The van der Waals surface area contributed by atoms with E-state index in [-0.39, 0.29) is 5.91 Å². The Kier molecular flexibility index (Phi) is 5.72. The van der Waals surface area contributed by atoms with E-state index >= 15 is 0 Å². The number of anilines is 3. The molecule has 140 valence electrons. The Balaban J connectivity index is 1.82. The van der Waals surface area contributed by atoms with Crippen molar-refractivity contribution in [2.75, 3.05) is 24.9 Å². The summed E-state index contributed by atoms with van der Waals surface area (Å²) in [7, 11) is 3.08. The van der Waals surface area contributed by atoms with Gasteiger partial charge in [0.25, 0.3) is 5.91 Å². The summed E-state index contributed by atoms with van der Waals surface area (Å²) in [5.41, 5.74) is 2.00. The van der Waals surface area contributed by atoms with Crippen LogP contribution in [-0.4, -0.2) is 25.1 Å². The average Bonchev–Trinajstić information content (AvgIpc) is 2.74. The summed E-state index contributed by atoms with van der Waals surface area (Å²) in [5.74, 6) is 1.24. The fraction of sp³-hybridized carbons (Fsp3) is 0.0952.